The highest BCUT2D eigenvalue weighted by Gasteiger charge is 2.16. The molecule has 0 aliphatic carbocycles. The second-order valence-electron chi connectivity index (χ2n) is 4.46. The van der Waals surface area contributed by atoms with Crippen molar-refractivity contribution in [2.45, 2.75) is 20.4 Å². The van der Waals surface area contributed by atoms with E-state index in [4.69, 9.17) is 5.73 Å². The van der Waals surface area contributed by atoms with Crippen LogP contribution in [0.15, 0.2) is 12.4 Å². The fourth-order valence-electron chi connectivity index (χ4n) is 1.98. The normalized spacial score (nSPS) is 10.7. The van der Waals surface area contributed by atoms with Crippen molar-refractivity contribution >= 4 is 11.6 Å². The SMILES string of the molecule is Cc1nn(C)c(C)c1C(=O)NCCn1cc(N)cn1. The van der Waals surface area contributed by atoms with Crippen LogP contribution in [-0.2, 0) is 13.6 Å². The van der Waals surface area contributed by atoms with Gasteiger partial charge in [0.1, 0.15) is 0 Å². The van der Waals surface area contributed by atoms with E-state index in [0.29, 0.717) is 24.3 Å². The highest BCUT2D eigenvalue weighted by molar-refractivity contribution is 5.96. The van der Waals surface area contributed by atoms with E-state index in [1.807, 2.05) is 20.9 Å². The predicted molar refractivity (Wildman–Crippen MR) is 71.7 cm³/mol. The monoisotopic (exact) mass is 262 g/mol. The van der Waals surface area contributed by atoms with Gasteiger partial charge in [-0.2, -0.15) is 10.2 Å². The number of rotatable bonds is 4. The molecule has 0 saturated heterocycles. The number of nitrogens with zero attached hydrogens (tertiary/aromatic N) is 4. The Morgan fingerprint density at radius 2 is 2.21 bits per heavy atom. The van der Waals surface area contributed by atoms with Gasteiger partial charge >= 0.3 is 0 Å². The fourth-order valence-corrected chi connectivity index (χ4v) is 1.98. The van der Waals surface area contributed by atoms with Crippen molar-refractivity contribution in [3.8, 4) is 0 Å². The van der Waals surface area contributed by atoms with Crippen molar-refractivity contribution in [2.24, 2.45) is 7.05 Å². The second-order valence-corrected chi connectivity index (χ2v) is 4.46. The summed E-state index contributed by atoms with van der Waals surface area (Å²) in [6.07, 6.45) is 3.31. The Morgan fingerprint density at radius 1 is 1.47 bits per heavy atom. The van der Waals surface area contributed by atoms with Gasteiger partial charge in [0.2, 0.25) is 0 Å². The van der Waals surface area contributed by atoms with Crippen molar-refractivity contribution in [2.75, 3.05) is 12.3 Å². The summed E-state index contributed by atoms with van der Waals surface area (Å²) in [4.78, 5) is 12.1. The molecule has 7 nitrogen and oxygen atoms in total. The molecule has 0 fully saturated rings. The minimum atomic E-state index is -0.108. The number of hydrogen-bond acceptors (Lipinski definition) is 4. The summed E-state index contributed by atoms with van der Waals surface area (Å²) < 4.78 is 3.40. The van der Waals surface area contributed by atoms with Gasteiger partial charge in [-0.05, 0) is 13.8 Å². The number of hydrogen-bond donors (Lipinski definition) is 2. The minimum absolute atomic E-state index is 0.108. The highest BCUT2D eigenvalue weighted by atomic mass is 16.1. The lowest BCUT2D eigenvalue weighted by Gasteiger charge is -2.05. The summed E-state index contributed by atoms with van der Waals surface area (Å²) in [5.74, 6) is -0.108. The molecular formula is C12H18N6O. The summed E-state index contributed by atoms with van der Waals surface area (Å²) in [6, 6.07) is 0. The largest absolute Gasteiger partial charge is 0.396 e. The van der Waals surface area contributed by atoms with Gasteiger partial charge < -0.3 is 11.1 Å². The molecule has 7 heteroatoms. The molecule has 0 radical (unpaired) electrons. The number of nitrogens with two attached hydrogens (primary N) is 1. The molecule has 0 unspecified atom stereocenters. The molecule has 3 N–H and O–H groups in total. The minimum Gasteiger partial charge on any atom is -0.396 e. The number of carbonyl (C=O) groups is 1. The van der Waals surface area contributed by atoms with Gasteiger partial charge in [-0.1, -0.05) is 0 Å². The first-order valence-corrected chi connectivity index (χ1v) is 6.05. The van der Waals surface area contributed by atoms with Crippen LogP contribution in [0.5, 0.6) is 0 Å². The van der Waals surface area contributed by atoms with E-state index < -0.39 is 0 Å². The van der Waals surface area contributed by atoms with Gasteiger partial charge in [-0.25, -0.2) is 0 Å². The molecule has 1 amide bonds. The summed E-state index contributed by atoms with van der Waals surface area (Å²) in [7, 11) is 1.83. The molecule has 0 saturated carbocycles. The van der Waals surface area contributed by atoms with Crippen molar-refractivity contribution in [3.63, 3.8) is 0 Å². The van der Waals surface area contributed by atoms with Crippen LogP contribution in [0.3, 0.4) is 0 Å². The molecule has 2 rings (SSSR count). The molecule has 0 spiro atoms. The molecule has 0 aliphatic heterocycles. The Labute approximate surface area is 111 Å². The van der Waals surface area contributed by atoms with Crippen molar-refractivity contribution in [3.05, 3.63) is 29.3 Å². The van der Waals surface area contributed by atoms with Crippen molar-refractivity contribution in [1.29, 1.82) is 0 Å². The molecule has 2 aromatic heterocycles. The van der Waals surface area contributed by atoms with E-state index in [1.54, 1.807) is 21.8 Å². The molecule has 0 aliphatic rings. The van der Waals surface area contributed by atoms with Gasteiger partial charge in [0.05, 0.1) is 29.7 Å². The number of nitrogens with one attached hydrogen (secondary N) is 1. The first-order chi connectivity index (χ1) is 8.99. The Kier molecular flexibility index (Phi) is 3.55. The third-order valence-electron chi connectivity index (χ3n) is 3.02. The average Bonchev–Trinajstić information content (AvgIpc) is 2.84. The second kappa shape index (κ2) is 5.13. The number of aryl methyl sites for hydroxylation is 2. The molecular weight excluding hydrogens is 244 g/mol. The topological polar surface area (TPSA) is 90.8 Å². The summed E-state index contributed by atoms with van der Waals surface area (Å²) in [5.41, 5.74) is 8.42. The number of amides is 1. The summed E-state index contributed by atoms with van der Waals surface area (Å²) in [5, 5.41) is 11.1. The molecule has 0 bridgehead atoms. The summed E-state index contributed by atoms with van der Waals surface area (Å²) >= 11 is 0. The van der Waals surface area contributed by atoms with Gasteiger partial charge in [0.25, 0.3) is 5.91 Å². The zero-order chi connectivity index (χ0) is 14.0. The third-order valence-corrected chi connectivity index (χ3v) is 3.02. The van der Waals surface area contributed by atoms with Crippen LogP contribution in [0.4, 0.5) is 5.69 Å². The molecule has 2 aromatic rings. The lowest BCUT2D eigenvalue weighted by Crippen LogP contribution is -2.28. The van der Waals surface area contributed by atoms with Crippen LogP contribution >= 0.6 is 0 Å². The Morgan fingerprint density at radius 3 is 2.74 bits per heavy atom. The molecule has 0 aromatic carbocycles. The van der Waals surface area contributed by atoms with Gasteiger partial charge in [0.15, 0.2) is 0 Å². The Balaban J connectivity index is 1.94. The highest BCUT2D eigenvalue weighted by Crippen LogP contribution is 2.11. The van der Waals surface area contributed by atoms with Crippen LogP contribution in [0, 0.1) is 13.8 Å². The maximum Gasteiger partial charge on any atom is 0.255 e. The maximum absolute atomic E-state index is 12.1. The average molecular weight is 262 g/mol. The van der Waals surface area contributed by atoms with E-state index in [-0.39, 0.29) is 5.91 Å². The smallest absolute Gasteiger partial charge is 0.255 e. The first-order valence-electron chi connectivity index (χ1n) is 6.05. The van der Waals surface area contributed by atoms with E-state index >= 15 is 0 Å². The lowest BCUT2D eigenvalue weighted by molar-refractivity contribution is 0.0950. The van der Waals surface area contributed by atoms with Crippen molar-refractivity contribution in [1.82, 2.24) is 24.9 Å². The number of carbonyl (C=O) groups excluding carboxylic acids is 1. The Hall–Kier alpha value is -2.31. The van der Waals surface area contributed by atoms with E-state index in [0.717, 1.165) is 11.4 Å². The van der Waals surface area contributed by atoms with Crippen molar-refractivity contribution < 1.29 is 4.79 Å². The van der Waals surface area contributed by atoms with Gasteiger partial charge in [-0.15, -0.1) is 0 Å². The van der Waals surface area contributed by atoms with Crippen LogP contribution in [-0.4, -0.2) is 32.0 Å². The van der Waals surface area contributed by atoms with E-state index in [9.17, 15) is 4.79 Å². The fraction of sp³-hybridized carbons (Fsp3) is 0.417. The number of aromatic nitrogens is 4. The van der Waals surface area contributed by atoms with Gasteiger partial charge in [-0.3, -0.25) is 14.2 Å². The molecule has 19 heavy (non-hydrogen) atoms. The lowest BCUT2D eigenvalue weighted by atomic mass is 10.2. The molecule has 2 heterocycles. The first kappa shape index (κ1) is 13.1. The molecule has 0 atom stereocenters. The van der Waals surface area contributed by atoms with Crippen LogP contribution in [0.25, 0.3) is 0 Å². The number of anilines is 1. The van der Waals surface area contributed by atoms with E-state index in [2.05, 4.69) is 15.5 Å². The van der Waals surface area contributed by atoms with Crippen LogP contribution in [0.1, 0.15) is 21.7 Å². The third kappa shape index (κ3) is 2.75. The summed E-state index contributed by atoms with van der Waals surface area (Å²) in [6.45, 7) is 4.79. The maximum atomic E-state index is 12.1. The quantitative estimate of drug-likeness (QED) is 0.826. The molecule has 102 valence electrons. The zero-order valence-corrected chi connectivity index (χ0v) is 11.3. The predicted octanol–water partition coefficient (Wildman–Crippen LogP) is 0.246. The van der Waals surface area contributed by atoms with Crippen LogP contribution in [0.2, 0.25) is 0 Å². The zero-order valence-electron chi connectivity index (χ0n) is 11.3. The van der Waals surface area contributed by atoms with Crippen LogP contribution < -0.4 is 11.1 Å². The van der Waals surface area contributed by atoms with E-state index in [1.165, 1.54) is 0 Å². The van der Waals surface area contributed by atoms with Gasteiger partial charge in [0, 0.05) is 25.5 Å². The number of nitrogen functional groups attached to an aromatic ring is 1. The Bertz CT molecular complexity index is 597. The standard InChI is InChI=1S/C12H18N6O/c1-8-11(9(2)17(3)16-8)12(19)14-4-5-18-7-10(13)6-15-18/h6-7H,4-5,13H2,1-3H3,(H,14,19).